The Balaban J connectivity index is 1.74. The van der Waals surface area contributed by atoms with Crippen LogP contribution in [0.5, 0.6) is 0 Å². The Morgan fingerprint density at radius 2 is 1.96 bits per heavy atom. The number of nitro benzene ring substituents is 1. The lowest BCUT2D eigenvalue weighted by Crippen LogP contribution is -2.27. The van der Waals surface area contributed by atoms with Gasteiger partial charge in [-0.25, -0.2) is 0 Å². The van der Waals surface area contributed by atoms with Crippen LogP contribution in [-0.2, 0) is 9.59 Å². The van der Waals surface area contributed by atoms with Crippen LogP contribution in [0.1, 0.15) is 24.0 Å². The molecule has 0 unspecified atom stereocenters. The first-order chi connectivity index (χ1) is 13.4. The zero-order chi connectivity index (χ0) is 20.3. The normalized spacial score (nSPS) is 13.5. The Kier molecular flexibility index (Phi) is 5.58. The first-order valence-corrected chi connectivity index (χ1v) is 9.06. The van der Waals surface area contributed by atoms with E-state index < -0.39 is 10.8 Å². The molecule has 1 saturated heterocycles. The largest absolute Gasteiger partial charge is 0.374 e. The van der Waals surface area contributed by atoms with Crippen LogP contribution in [0.4, 0.5) is 22.7 Å². The van der Waals surface area contributed by atoms with Gasteiger partial charge < -0.3 is 15.5 Å². The second kappa shape index (κ2) is 8.08. The number of nitrogens with one attached hydrogen (secondary N) is 2. The van der Waals surface area contributed by atoms with E-state index in [9.17, 15) is 19.7 Å². The summed E-state index contributed by atoms with van der Waals surface area (Å²) in [5.74, 6) is -0.343. The van der Waals surface area contributed by atoms with Crippen molar-refractivity contribution in [1.82, 2.24) is 0 Å². The summed E-state index contributed by atoms with van der Waals surface area (Å²) in [5, 5.41) is 17.0. The van der Waals surface area contributed by atoms with E-state index in [1.54, 1.807) is 24.0 Å². The molecule has 28 heavy (non-hydrogen) atoms. The number of nitro groups is 1. The number of rotatable bonds is 6. The van der Waals surface area contributed by atoms with Gasteiger partial charge in [-0.05, 0) is 43.5 Å². The summed E-state index contributed by atoms with van der Waals surface area (Å²) >= 11 is 0. The summed E-state index contributed by atoms with van der Waals surface area (Å²) in [6.45, 7) is 4.14. The summed E-state index contributed by atoms with van der Waals surface area (Å²) in [7, 11) is 0. The number of anilines is 3. The molecule has 0 aliphatic carbocycles. The van der Waals surface area contributed by atoms with Crippen LogP contribution in [0, 0.1) is 24.0 Å². The summed E-state index contributed by atoms with van der Waals surface area (Å²) in [4.78, 5) is 36.9. The fraction of sp³-hybridized carbons (Fsp3) is 0.300. The molecule has 1 heterocycles. The van der Waals surface area contributed by atoms with Crippen molar-refractivity contribution >= 4 is 34.6 Å². The fourth-order valence-corrected chi connectivity index (χ4v) is 3.23. The third-order valence-electron chi connectivity index (χ3n) is 4.88. The van der Waals surface area contributed by atoms with Gasteiger partial charge in [0.05, 0.1) is 22.8 Å². The molecule has 3 rings (SSSR count). The van der Waals surface area contributed by atoms with Gasteiger partial charge in [0.15, 0.2) is 0 Å². The van der Waals surface area contributed by atoms with Crippen LogP contribution in [-0.4, -0.2) is 29.8 Å². The van der Waals surface area contributed by atoms with Gasteiger partial charge in [-0.2, -0.15) is 0 Å². The van der Waals surface area contributed by atoms with Crippen molar-refractivity contribution in [3.8, 4) is 0 Å². The van der Waals surface area contributed by atoms with Gasteiger partial charge in [0, 0.05) is 19.0 Å². The predicted octanol–water partition coefficient (Wildman–Crippen LogP) is 3.39. The van der Waals surface area contributed by atoms with Gasteiger partial charge in [-0.3, -0.25) is 19.7 Å². The zero-order valence-corrected chi connectivity index (χ0v) is 15.8. The minimum atomic E-state index is -0.510. The Morgan fingerprint density at radius 3 is 2.64 bits per heavy atom. The highest BCUT2D eigenvalue weighted by molar-refractivity contribution is 6.00. The van der Waals surface area contributed by atoms with Crippen LogP contribution < -0.4 is 15.5 Å². The second-order valence-corrected chi connectivity index (χ2v) is 6.73. The number of amides is 2. The van der Waals surface area contributed by atoms with Gasteiger partial charge in [-0.15, -0.1) is 0 Å². The number of para-hydroxylation sites is 2. The number of carbonyl (C=O) groups is 2. The summed E-state index contributed by atoms with van der Waals surface area (Å²) in [6, 6.07) is 10.3. The number of nitrogens with zero attached hydrogens (tertiary/aromatic N) is 2. The molecule has 1 aliphatic rings. The van der Waals surface area contributed by atoms with E-state index in [4.69, 9.17) is 0 Å². The maximum absolute atomic E-state index is 12.4. The van der Waals surface area contributed by atoms with Crippen LogP contribution in [0.3, 0.4) is 0 Å². The highest BCUT2D eigenvalue weighted by Gasteiger charge is 2.24. The summed E-state index contributed by atoms with van der Waals surface area (Å²) in [6.07, 6.45) is 1.33. The summed E-state index contributed by atoms with van der Waals surface area (Å²) < 4.78 is 0. The molecule has 1 fully saturated rings. The first kappa shape index (κ1) is 19.3. The Labute approximate surface area is 162 Å². The predicted molar refractivity (Wildman–Crippen MR) is 108 cm³/mol. The van der Waals surface area contributed by atoms with Gasteiger partial charge >= 0.3 is 0 Å². The number of hydrogen-bond donors (Lipinski definition) is 2. The molecule has 2 amide bonds. The second-order valence-electron chi connectivity index (χ2n) is 6.73. The molecule has 2 aromatic rings. The van der Waals surface area contributed by atoms with Crippen LogP contribution in [0.2, 0.25) is 0 Å². The maximum Gasteiger partial charge on any atom is 0.293 e. The molecule has 0 saturated carbocycles. The minimum Gasteiger partial charge on any atom is -0.374 e. The third-order valence-corrected chi connectivity index (χ3v) is 4.88. The minimum absolute atomic E-state index is 0.0599. The topological polar surface area (TPSA) is 105 Å². The number of hydrogen-bond acceptors (Lipinski definition) is 5. The van der Waals surface area contributed by atoms with E-state index in [1.165, 1.54) is 6.07 Å². The van der Waals surface area contributed by atoms with E-state index in [2.05, 4.69) is 10.6 Å². The number of carbonyl (C=O) groups excluding carboxylic acids is 2. The van der Waals surface area contributed by atoms with Crippen LogP contribution in [0.25, 0.3) is 0 Å². The monoisotopic (exact) mass is 382 g/mol. The van der Waals surface area contributed by atoms with Crippen LogP contribution >= 0.6 is 0 Å². The van der Waals surface area contributed by atoms with Gasteiger partial charge in [0.25, 0.3) is 5.69 Å². The molecule has 0 atom stereocenters. The number of benzene rings is 2. The maximum atomic E-state index is 12.4. The van der Waals surface area contributed by atoms with Gasteiger partial charge in [-0.1, -0.05) is 18.2 Å². The molecule has 0 aromatic heterocycles. The molecule has 8 nitrogen and oxygen atoms in total. The third kappa shape index (κ3) is 3.95. The lowest BCUT2D eigenvalue weighted by Gasteiger charge is -2.20. The van der Waals surface area contributed by atoms with Crippen LogP contribution in [0.15, 0.2) is 36.4 Å². The molecule has 8 heteroatoms. The van der Waals surface area contributed by atoms with E-state index in [1.807, 2.05) is 25.1 Å². The molecule has 1 aliphatic heterocycles. The van der Waals surface area contributed by atoms with E-state index in [0.717, 1.165) is 17.7 Å². The zero-order valence-electron chi connectivity index (χ0n) is 15.8. The van der Waals surface area contributed by atoms with Crippen molar-refractivity contribution in [2.24, 2.45) is 0 Å². The quantitative estimate of drug-likeness (QED) is 0.589. The molecule has 0 bridgehead atoms. The summed E-state index contributed by atoms with van der Waals surface area (Å²) in [5.41, 5.74) is 2.98. The lowest BCUT2D eigenvalue weighted by molar-refractivity contribution is -0.384. The van der Waals surface area contributed by atoms with Crippen molar-refractivity contribution in [1.29, 1.82) is 0 Å². The molecular weight excluding hydrogens is 360 g/mol. The lowest BCUT2D eigenvalue weighted by atomic mass is 10.1. The van der Waals surface area contributed by atoms with E-state index in [-0.39, 0.29) is 23.8 Å². The average Bonchev–Trinajstić information content (AvgIpc) is 3.09. The SMILES string of the molecule is Cc1ccc([N+](=O)[O-])c(NC(=O)CNc2ccccc2N2CCCC2=O)c1C. The van der Waals surface area contributed by atoms with Crippen molar-refractivity contribution in [3.63, 3.8) is 0 Å². The van der Waals surface area contributed by atoms with Gasteiger partial charge in [0.1, 0.15) is 5.69 Å². The van der Waals surface area contributed by atoms with Crippen molar-refractivity contribution in [2.45, 2.75) is 26.7 Å². The van der Waals surface area contributed by atoms with Crippen molar-refractivity contribution in [2.75, 3.05) is 28.6 Å². The highest BCUT2D eigenvalue weighted by Crippen LogP contribution is 2.31. The molecule has 146 valence electrons. The van der Waals surface area contributed by atoms with E-state index in [0.29, 0.717) is 24.2 Å². The number of aryl methyl sites for hydroxylation is 1. The van der Waals surface area contributed by atoms with Crippen molar-refractivity contribution < 1.29 is 14.5 Å². The smallest absolute Gasteiger partial charge is 0.293 e. The first-order valence-electron chi connectivity index (χ1n) is 9.06. The molecule has 2 aromatic carbocycles. The average molecular weight is 382 g/mol. The Bertz CT molecular complexity index is 942. The van der Waals surface area contributed by atoms with E-state index >= 15 is 0 Å². The van der Waals surface area contributed by atoms with Gasteiger partial charge in [0.2, 0.25) is 11.8 Å². The standard InChI is InChI=1S/C20H22N4O4/c1-13-9-10-17(24(27)28)20(14(13)2)22-18(25)12-21-15-6-3-4-7-16(15)23-11-5-8-19(23)26/h3-4,6-7,9-10,21H,5,8,11-12H2,1-2H3,(H,22,25). The molecular formula is C20H22N4O4. The Morgan fingerprint density at radius 1 is 1.21 bits per heavy atom. The fourth-order valence-electron chi connectivity index (χ4n) is 3.23. The molecule has 2 N–H and O–H groups in total. The molecule has 0 spiro atoms. The van der Waals surface area contributed by atoms with Crippen molar-refractivity contribution in [3.05, 3.63) is 57.6 Å². The highest BCUT2D eigenvalue weighted by atomic mass is 16.6. The Hall–Kier alpha value is -3.42. The molecule has 0 radical (unpaired) electrons.